The molecular formula is C16H19N3O2. The number of hydrogen-bond acceptors (Lipinski definition) is 3. The van der Waals surface area contributed by atoms with E-state index in [2.05, 4.69) is 22.4 Å². The van der Waals surface area contributed by atoms with Crippen molar-refractivity contribution in [1.29, 1.82) is 0 Å². The van der Waals surface area contributed by atoms with Gasteiger partial charge in [0.15, 0.2) is 5.69 Å². The van der Waals surface area contributed by atoms with Crippen molar-refractivity contribution in [3.63, 3.8) is 0 Å². The molecule has 1 aliphatic rings. The number of benzene rings is 1. The molecule has 1 aromatic heterocycles. The zero-order chi connectivity index (χ0) is 14.8. The van der Waals surface area contributed by atoms with Crippen molar-refractivity contribution in [3.8, 4) is 0 Å². The lowest BCUT2D eigenvalue weighted by atomic mass is 9.86. The Morgan fingerprint density at radius 3 is 2.71 bits per heavy atom. The molecule has 0 bridgehead atoms. The van der Waals surface area contributed by atoms with Gasteiger partial charge in [0.25, 0.3) is 11.5 Å². The van der Waals surface area contributed by atoms with E-state index in [-0.39, 0.29) is 17.5 Å². The van der Waals surface area contributed by atoms with Crippen LogP contribution in [0.4, 0.5) is 0 Å². The van der Waals surface area contributed by atoms with E-state index in [0.717, 1.165) is 19.3 Å². The van der Waals surface area contributed by atoms with Crippen LogP contribution in [0.1, 0.15) is 43.1 Å². The highest BCUT2D eigenvalue weighted by atomic mass is 16.2. The van der Waals surface area contributed by atoms with Crippen molar-refractivity contribution in [2.45, 2.75) is 38.6 Å². The first-order valence-corrected chi connectivity index (χ1v) is 7.45. The van der Waals surface area contributed by atoms with Gasteiger partial charge in [-0.05, 0) is 24.8 Å². The Hall–Kier alpha value is -2.17. The molecule has 2 aromatic rings. The number of aromatic amines is 1. The molecule has 5 nitrogen and oxygen atoms in total. The van der Waals surface area contributed by atoms with E-state index >= 15 is 0 Å². The highest BCUT2D eigenvalue weighted by molar-refractivity contribution is 6.04. The lowest BCUT2D eigenvalue weighted by Crippen LogP contribution is -2.41. The number of hydrogen-bond donors (Lipinski definition) is 2. The monoisotopic (exact) mass is 285 g/mol. The first kappa shape index (κ1) is 13.8. The van der Waals surface area contributed by atoms with Gasteiger partial charge in [-0.15, -0.1) is 0 Å². The molecule has 0 saturated heterocycles. The predicted octanol–water partition coefficient (Wildman–Crippen LogP) is 2.23. The number of nitrogens with one attached hydrogen (secondary N) is 2. The normalized spacial score (nSPS) is 22.1. The van der Waals surface area contributed by atoms with Crippen LogP contribution in [0.2, 0.25) is 0 Å². The zero-order valence-electron chi connectivity index (χ0n) is 12.1. The quantitative estimate of drug-likeness (QED) is 0.888. The van der Waals surface area contributed by atoms with Crippen molar-refractivity contribution in [3.05, 3.63) is 40.3 Å². The van der Waals surface area contributed by atoms with Crippen LogP contribution < -0.4 is 10.9 Å². The number of rotatable bonds is 2. The smallest absolute Gasteiger partial charge is 0.272 e. The molecule has 21 heavy (non-hydrogen) atoms. The Bertz CT molecular complexity index is 723. The molecule has 2 N–H and O–H groups in total. The Balaban J connectivity index is 1.91. The van der Waals surface area contributed by atoms with Gasteiger partial charge in [0.05, 0.1) is 5.39 Å². The van der Waals surface area contributed by atoms with Gasteiger partial charge in [0.2, 0.25) is 0 Å². The number of aromatic nitrogens is 2. The summed E-state index contributed by atoms with van der Waals surface area (Å²) in [6.07, 6.45) is 4.53. The fraction of sp³-hybridized carbons (Fsp3) is 0.438. The molecule has 110 valence electrons. The molecular weight excluding hydrogens is 266 g/mol. The minimum Gasteiger partial charge on any atom is -0.348 e. The van der Waals surface area contributed by atoms with Gasteiger partial charge in [0, 0.05) is 11.4 Å². The molecule has 1 heterocycles. The summed E-state index contributed by atoms with van der Waals surface area (Å²) in [6, 6.07) is 7.25. The molecule has 0 aliphatic heterocycles. The average molecular weight is 285 g/mol. The fourth-order valence-corrected chi connectivity index (χ4v) is 3.06. The number of carbonyl (C=O) groups is 1. The molecule has 2 atom stereocenters. The van der Waals surface area contributed by atoms with Crippen LogP contribution in [0.25, 0.3) is 10.8 Å². The summed E-state index contributed by atoms with van der Waals surface area (Å²) in [5.41, 5.74) is 0.0242. The number of nitrogens with zero attached hydrogens (tertiary/aromatic N) is 1. The summed E-state index contributed by atoms with van der Waals surface area (Å²) >= 11 is 0. The van der Waals surface area contributed by atoms with E-state index in [0.29, 0.717) is 22.4 Å². The number of amides is 1. The lowest BCUT2D eigenvalue weighted by Gasteiger charge is -2.29. The lowest BCUT2D eigenvalue weighted by molar-refractivity contribution is 0.0906. The maximum atomic E-state index is 12.5. The van der Waals surface area contributed by atoms with Crippen LogP contribution in [-0.4, -0.2) is 22.1 Å². The first-order valence-electron chi connectivity index (χ1n) is 7.45. The van der Waals surface area contributed by atoms with Crippen LogP contribution in [0, 0.1) is 5.92 Å². The molecule has 0 radical (unpaired) electrons. The Kier molecular flexibility index (Phi) is 3.73. The predicted molar refractivity (Wildman–Crippen MR) is 81.2 cm³/mol. The highest BCUT2D eigenvalue weighted by Gasteiger charge is 2.24. The van der Waals surface area contributed by atoms with E-state index in [1.807, 2.05) is 6.07 Å². The summed E-state index contributed by atoms with van der Waals surface area (Å²) in [5.74, 6) is 0.276. The molecule has 1 saturated carbocycles. The van der Waals surface area contributed by atoms with Gasteiger partial charge in [-0.25, -0.2) is 5.10 Å². The minimum absolute atomic E-state index is 0.193. The Morgan fingerprint density at radius 1 is 1.24 bits per heavy atom. The standard InChI is InChI=1S/C16H19N3O2/c1-10-6-2-5-9-13(10)17-16(21)14-11-7-3-4-8-12(11)15(20)19-18-14/h3-4,7-8,10,13H,2,5-6,9H2,1H3,(H,17,21)(H,19,20)/t10-,13+/m0/s1. The minimum atomic E-state index is -0.270. The topological polar surface area (TPSA) is 74.8 Å². The molecule has 1 fully saturated rings. The van der Waals surface area contributed by atoms with E-state index in [1.54, 1.807) is 18.2 Å². The van der Waals surface area contributed by atoms with Gasteiger partial charge in [-0.2, -0.15) is 5.10 Å². The van der Waals surface area contributed by atoms with Crippen LogP contribution in [0.5, 0.6) is 0 Å². The third-order valence-corrected chi connectivity index (χ3v) is 4.34. The van der Waals surface area contributed by atoms with E-state index in [4.69, 9.17) is 0 Å². The van der Waals surface area contributed by atoms with Crippen molar-refractivity contribution in [2.24, 2.45) is 5.92 Å². The molecule has 1 aromatic carbocycles. The van der Waals surface area contributed by atoms with E-state index < -0.39 is 0 Å². The van der Waals surface area contributed by atoms with Crippen molar-refractivity contribution in [1.82, 2.24) is 15.5 Å². The molecule has 1 amide bonds. The van der Waals surface area contributed by atoms with E-state index in [9.17, 15) is 9.59 Å². The van der Waals surface area contributed by atoms with Crippen LogP contribution >= 0.6 is 0 Å². The highest BCUT2D eigenvalue weighted by Crippen LogP contribution is 2.24. The molecule has 1 aliphatic carbocycles. The summed E-state index contributed by atoms with van der Waals surface area (Å²) in [7, 11) is 0. The Morgan fingerprint density at radius 2 is 1.95 bits per heavy atom. The number of H-pyrrole nitrogens is 1. The number of carbonyl (C=O) groups excluding carboxylic acids is 1. The van der Waals surface area contributed by atoms with Crippen molar-refractivity contribution in [2.75, 3.05) is 0 Å². The summed E-state index contributed by atoms with van der Waals surface area (Å²) < 4.78 is 0. The fourth-order valence-electron chi connectivity index (χ4n) is 3.06. The molecule has 0 spiro atoms. The summed E-state index contributed by atoms with van der Waals surface area (Å²) in [5, 5.41) is 10.5. The second kappa shape index (κ2) is 5.68. The second-order valence-electron chi connectivity index (χ2n) is 5.79. The zero-order valence-corrected chi connectivity index (χ0v) is 12.1. The first-order chi connectivity index (χ1) is 10.2. The van der Waals surface area contributed by atoms with Gasteiger partial charge in [-0.1, -0.05) is 38.0 Å². The second-order valence-corrected chi connectivity index (χ2v) is 5.79. The SMILES string of the molecule is C[C@H]1CCCC[C@H]1NC(=O)c1n[nH]c(=O)c2ccccc12. The summed E-state index contributed by atoms with van der Waals surface area (Å²) in [6.45, 7) is 2.17. The van der Waals surface area contributed by atoms with Crippen LogP contribution in [-0.2, 0) is 0 Å². The van der Waals surface area contributed by atoms with Crippen molar-refractivity contribution >= 4 is 16.7 Å². The Labute approximate surface area is 122 Å². The largest absolute Gasteiger partial charge is 0.348 e. The van der Waals surface area contributed by atoms with Gasteiger partial charge >= 0.3 is 0 Å². The maximum Gasteiger partial charge on any atom is 0.272 e. The third-order valence-electron chi connectivity index (χ3n) is 4.34. The van der Waals surface area contributed by atoms with Gasteiger partial charge in [0.1, 0.15) is 0 Å². The molecule has 0 unspecified atom stereocenters. The summed E-state index contributed by atoms with van der Waals surface area (Å²) in [4.78, 5) is 24.2. The third kappa shape index (κ3) is 2.68. The van der Waals surface area contributed by atoms with Crippen LogP contribution in [0.15, 0.2) is 29.1 Å². The maximum absolute atomic E-state index is 12.5. The van der Waals surface area contributed by atoms with Crippen LogP contribution in [0.3, 0.4) is 0 Å². The van der Waals surface area contributed by atoms with Crippen molar-refractivity contribution < 1.29 is 4.79 Å². The van der Waals surface area contributed by atoms with E-state index in [1.165, 1.54) is 6.42 Å². The average Bonchev–Trinajstić information content (AvgIpc) is 2.50. The molecule has 5 heteroatoms. The number of fused-ring (bicyclic) bond motifs is 1. The van der Waals surface area contributed by atoms with Gasteiger partial charge < -0.3 is 5.32 Å². The molecule has 3 rings (SSSR count). The van der Waals surface area contributed by atoms with Gasteiger partial charge in [-0.3, -0.25) is 9.59 Å².